The van der Waals surface area contributed by atoms with Gasteiger partial charge in [0.05, 0.1) is 11.5 Å². The molecule has 0 amide bonds. The van der Waals surface area contributed by atoms with Gasteiger partial charge in [0.25, 0.3) is 10.1 Å². The Labute approximate surface area is 171 Å². The first-order valence-electron chi connectivity index (χ1n) is 8.72. The molecule has 0 radical (unpaired) electrons. The maximum Gasteiger partial charge on any atom is 0.339 e. The lowest BCUT2D eigenvalue weighted by Gasteiger charge is -2.09. The first kappa shape index (κ1) is 21.0. The molecule has 8 heteroatoms. The summed E-state index contributed by atoms with van der Waals surface area (Å²) in [4.78, 5) is 0.131. The highest BCUT2D eigenvalue weighted by Crippen LogP contribution is 2.21. The molecule has 0 fully saturated rings. The summed E-state index contributed by atoms with van der Waals surface area (Å²) in [6.07, 6.45) is 0. The van der Waals surface area contributed by atoms with Crippen LogP contribution in [0.4, 0.5) is 0 Å². The van der Waals surface area contributed by atoms with Crippen LogP contribution in [0.1, 0.15) is 16.7 Å². The van der Waals surface area contributed by atoms with Gasteiger partial charge in [0.1, 0.15) is 10.6 Å². The lowest BCUT2D eigenvalue weighted by molar-refractivity contribution is 0.308. The number of aryl methyl sites for hydroxylation is 2. The van der Waals surface area contributed by atoms with Gasteiger partial charge in [0.15, 0.2) is 0 Å². The Morgan fingerprint density at radius 1 is 0.621 bits per heavy atom. The second-order valence-electron chi connectivity index (χ2n) is 6.52. The normalized spacial score (nSPS) is 11.9. The lowest BCUT2D eigenvalue weighted by Crippen LogP contribution is -2.10. The van der Waals surface area contributed by atoms with Gasteiger partial charge >= 0.3 is 10.1 Å². The van der Waals surface area contributed by atoms with E-state index in [1.165, 1.54) is 36.4 Å². The van der Waals surface area contributed by atoms with Crippen molar-refractivity contribution in [3.63, 3.8) is 0 Å². The average molecular weight is 433 g/mol. The summed E-state index contributed by atoms with van der Waals surface area (Å²) < 4.78 is 59.3. The van der Waals surface area contributed by atoms with Crippen molar-refractivity contribution in [1.29, 1.82) is 0 Å². The second-order valence-corrected chi connectivity index (χ2v) is 9.69. The fourth-order valence-electron chi connectivity index (χ4n) is 2.44. The molecular formula is C21H20O6S2. The van der Waals surface area contributed by atoms with E-state index >= 15 is 0 Å². The highest BCUT2D eigenvalue weighted by Gasteiger charge is 2.17. The number of hydrogen-bond donors (Lipinski definition) is 0. The van der Waals surface area contributed by atoms with E-state index in [1.807, 2.05) is 13.8 Å². The predicted octanol–water partition coefficient (Wildman–Crippen LogP) is 3.98. The van der Waals surface area contributed by atoms with Gasteiger partial charge in [0.2, 0.25) is 0 Å². The Hall–Kier alpha value is -2.68. The van der Waals surface area contributed by atoms with Gasteiger partial charge in [0, 0.05) is 0 Å². The quantitative estimate of drug-likeness (QED) is 0.525. The molecule has 6 nitrogen and oxygen atoms in total. The van der Waals surface area contributed by atoms with Crippen molar-refractivity contribution >= 4 is 20.2 Å². The first-order valence-corrected chi connectivity index (χ1v) is 11.5. The molecule has 0 saturated heterocycles. The molecule has 29 heavy (non-hydrogen) atoms. The second kappa shape index (κ2) is 8.36. The Kier molecular flexibility index (Phi) is 6.07. The van der Waals surface area contributed by atoms with Gasteiger partial charge in [-0.15, -0.1) is 0 Å². The van der Waals surface area contributed by atoms with Crippen LogP contribution in [0.25, 0.3) is 0 Å². The number of rotatable bonds is 7. The Bertz CT molecular complexity index is 1180. The van der Waals surface area contributed by atoms with Crippen LogP contribution in [0.5, 0.6) is 5.75 Å². The van der Waals surface area contributed by atoms with Gasteiger partial charge < -0.3 is 4.18 Å². The van der Waals surface area contributed by atoms with Gasteiger partial charge in [-0.25, -0.2) is 0 Å². The summed E-state index contributed by atoms with van der Waals surface area (Å²) in [6.45, 7) is 3.54. The zero-order valence-corrected chi connectivity index (χ0v) is 17.5. The third-order valence-corrected chi connectivity index (χ3v) is 6.67. The van der Waals surface area contributed by atoms with Gasteiger partial charge in [-0.2, -0.15) is 16.8 Å². The number of benzene rings is 3. The third kappa shape index (κ3) is 5.44. The molecule has 0 aliphatic rings. The number of hydrogen-bond acceptors (Lipinski definition) is 6. The van der Waals surface area contributed by atoms with Crippen LogP contribution < -0.4 is 4.18 Å². The third-order valence-electron chi connectivity index (χ3n) is 4.13. The summed E-state index contributed by atoms with van der Waals surface area (Å²) in [5.41, 5.74) is 2.44. The van der Waals surface area contributed by atoms with Gasteiger partial charge in [-0.05, 0) is 55.8 Å². The van der Waals surface area contributed by atoms with Crippen molar-refractivity contribution in [2.24, 2.45) is 0 Å². The molecule has 0 spiro atoms. The van der Waals surface area contributed by atoms with Crippen LogP contribution in [0.3, 0.4) is 0 Å². The molecule has 0 bridgehead atoms. The fourth-order valence-corrected chi connectivity index (χ4v) is 4.27. The molecule has 0 atom stereocenters. The summed E-state index contributed by atoms with van der Waals surface area (Å²) in [6, 6.07) is 18.7. The Morgan fingerprint density at radius 3 is 1.55 bits per heavy atom. The topological polar surface area (TPSA) is 86.7 Å². The van der Waals surface area contributed by atoms with E-state index < -0.39 is 20.2 Å². The zero-order chi connectivity index (χ0) is 21.1. The minimum Gasteiger partial charge on any atom is -0.379 e. The van der Waals surface area contributed by atoms with Crippen LogP contribution in [0.15, 0.2) is 82.6 Å². The molecule has 3 aromatic carbocycles. The van der Waals surface area contributed by atoms with Crippen LogP contribution in [0, 0.1) is 13.8 Å². The average Bonchev–Trinajstić information content (AvgIpc) is 2.68. The predicted molar refractivity (Wildman–Crippen MR) is 109 cm³/mol. The van der Waals surface area contributed by atoms with Gasteiger partial charge in [-0.3, -0.25) is 4.18 Å². The van der Waals surface area contributed by atoms with Crippen LogP contribution in [-0.2, 0) is 31.0 Å². The van der Waals surface area contributed by atoms with E-state index in [1.54, 1.807) is 36.4 Å². The molecule has 0 heterocycles. The summed E-state index contributed by atoms with van der Waals surface area (Å²) in [5.74, 6) is 0.121. The Morgan fingerprint density at radius 2 is 1.07 bits per heavy atom. The molecule has 3 aromatic rings. The highest BCUT2D eigenvalue weighted by atomic mass is 32.2. The smallest absolute Gasteiger partial charge is 0.339 e. The minimum absolute atomic E-state index is 0.0553. The maximum absolute atomic E-state index is 12.3. The van der Waals surface area contributed by atoms with Crippen molar-refractivity contribution in [3.05, 3.63) is 89.5 Å². The largest absolute Gasteiger partial charge is 0.379 e. The zero-order valence-electron chi connectivity index (χ0n) is 15.9. The maximum atomic E-state index is 12.3. The minimum atomic E-state index is -3.95. The molecule has 0 saturated carbocycles. The standard InChI is InChI=1S/C21H20O6S2/c1-16-3-11-20(12-4-16)28(22,23)26-15-18-7-9-19(10-8-18)27-29(24,25)21-13-5-17(2)6-14-21/h3-14H,15H2,1-2H3. The Balaban J connectivity index is 1.65. The van der Waals surface area contributed by atoms with E-state index in [-0.39, 0.29) is 22.1 Å². The summed E-state index contributed by atoms with van der Waals surface area (Å²) in [7, 11) is -7.83. The van der Waals surface area contributed by atoms with Crippen molar-refractivity contribution < 1.29 is 25.2 Å². The molecule has 0 N–H and O–H groups in total. The molecule has 0 aliphatic heterocycles. The fraction of sp³-hybridized carbons (Fsp3) is 0.143. The van der Waals surface area contributed by atoms with Crippen LogP contribution >= 0.6 is 0 Å². The molecule has 0 unspecified atom stereocenters. The highest BCUT2D eigenvalue weighted by molar-refractivity contribution is 7.87. The molecule has 0 aliphatic carbocycles. The molecular weight excluding hydrogens is 412 g/mol. The summed E-state index contributed by atoms with van der Waals surface area (Å²) >= 11 is 0. The SMILES string of the molecule is Cc1ccc(S(=O)(=O)OCc2ccc(OS(=O)(=O)c3ccc(C)cc3)cc2)cc1. The van der Waals surface area contributed by atoms with Gasteiger partial charge in [-0.1, -0.05) is 47.5 Å². The molecule has 3 rings (SSSR count). The van der Waals surface area contributed by atoms with Crippen molar-refractivity contribution in [1.82, 2.24) is 0 Å². The van der Waals surface area contributed by atoms with E-state index in [0.29, 0.717) is 5.56 Å². The molecule has 0 aromatic heterocycles. The van der Waals surface area contributed by atoms with Crippen molar-refractivity contribution in [3.8, 4) is 5.75 Å². The summed E-state index contributed by atoms with van der Waals surface area (Å²) in [5, 5.41) is 0. The lowest BCUT2D eigenvalue weighted by atomic mass is 10.2. The van der Waals surface area contributed by atoms with Crippen molar-refractivity contribution in [2.75, 3.05) is 0 Å². The van der Waals surface area contributed by atoms with E-state index in [2.05, 4.69) is 0 Å². The van der Waals surface area contributed by atoms with Crippen LogP contribution in [-0.4, -0.2) is 16.8 Å². The van der Waals surface area contributed by atoms with E-state index in [0.717, 1.165) is 11.1 Å². The van der Waals surface area contributed by atoms with Crippen LogP contribution in [0.2, 0.25) is 0 Å². The first-order chi connectivity index (χ1) is 13.7. The van der Waals surface area contributed by atoms with Crippen molar-refractivity contribution in [2.45, 2.75) is 30.2 Å². The van der Waals surface area contributed by atoms with E-state index in [4.69, 9.17) is 8.37 Å². The molecule has 152 valence electrons. The van der Waals surface area contributed by atoms with E-state index in [9.17, 15) is 16.8 Å². The monoisotopic (exact) mass is 432 g/mol.